The van der Waals surface area contributed by atoms with Crippen molar-refractivity contribution in [2.45, 2.75) is 96.9 Å². The second kappa shape index (κ2) is 10.0. The summed E-state index contributed by atoms with van der Waals surface area (Å²) >= 11 is 1.61. The van der Waals surface area contributed by atoms with Crippen molar-refractivity contribution in [1.29, 1.82) is 0 Å². The molecule has 0 aromatic carbocycles. The van der Waals surface area contributed by atoms with Gasteiger partial charge >= 0.3 is 0 Å². The van der Waals surface area contributed by atoms with Crippen LogP contribution in [0.4, 0.5) is 0 Å². The van der Waals surface area contributed by atoms with Crippen LogP contribution in [0, 0.1) is 12.8 Å². The van der Waals surface area contributed by atoms with Gasteiger partial charge in [0.05, 0.1) is 23.8 Å². The molecule has 3 aliphatic rings. The highest BCUT2D eigenvalue weighted by atomic mass is 32.1. The summed E-state index contributed by atoms with van der Waals surface area (Å²) in [7, 11) is 0. The molecule has 4 atom stereocenters. The first-order valence-electron chi connectivity index (χ1n) is 13.1. The minimum atomic E-state index is 0.0131. The van der Waals surface area contributed by atoms with E-state index in [1.54, 1.807) is 18.3 Å². The molecule has 0 radical (unpaired) electrons. The number of rotatable bonds is 7. The lowest BCUT2D eigenvalue weighted by Crippen LogP contribution is -2.45. The number of aryl methyl sites for hydroxylation is 1. The molecule has 5 rings (SSSR count). The number of piperidine rings is 1. The zero-order chi connectivity index (χ0) is 24.7. The molecule has 3 aliphatic heterocycles. The molecule has 0 aliphatic carbocycles. The summed E-state index contributed by atoms with van der Waals surface area (Å²) in [5.41, 5.74) is 4.29. The maximum absolute atomic E-state index is 12.5. The molecule has 9 heteroatoms. The van der Waals surface area contributed by atoms with Gasteiger partial charge in [-0.1, -0.05) is 13.8 Å². The smallest absolute Gasteiger partial charge is 0.225 e. The van der Waals surface area contributed by atoms with E-state index in [9.17, 15) is 9.59 Å². The second-order valence-corrected chi connectivity index (χ2v) is 11.7. The Morgan fingerprint density at radius 1 is 1.20 bits per heavy atom. The number of carbonyl (C=O) groups is 2. The Kier molecular flexibility index (Phi) is 6.99. The quantitative estimate of drug-likeness (QED) is 0.630. The highest BCUT2D eigenvalue weighted by Crippen LogP contribution is 2.43. The van der Waals surface area contributed by atoms with E-state index in [2.05, 4.69) is 26.7 Å². The summed E-state index contributed by atoms with van der Waals surface area (Å²) in [6.07, 6.45) is 8.50. The first-order valence-corrected chi connectivity index (χ1v) is 14.0. The molecule has 2 aromatic rings. The maximum Gasteiger partial charge on any atom is 0.225 e. The SMILES string of the molecule is CC(=O)N[C@@H](CCN1[C@@H]2CC[C@H]1C[C@@H](n1c(C)nc3c1CCN(C(=O)C(C)C)C3)C2)c1cncs1. The van der Waals surface area contributed by atoms with Crippen LogP contribution < -0.4 is 5.32 Å². The fourth-order valence-electron chi connectivity index (χ4n) is 6.61. The number of amides is 2. The standard InChI is InChI=1S/C26H38N6O2S/c1-16(2)26(34)30-9-8-24-23(14-30)28-17(3)32(24)21-11-19-5-6-20(12-21)31(19)10-7-22(29-18(4)33)25-13-27-15-35-25/h13,15-16,19-22H,5-12,14H2,1-4H3,(H,29,33)/t19-,20+,21+,22-/m0/s1. The first-order chi connectivity index (χ1) is 16.8. The lowest BCUT2D eigenvalue weighted by Gasteiger charge is -2.41. The lowest BCUT2D eigenvalue weighted by atomic mass is 9.95. The van der Waals surface area contributed by atoms with Gasteiger partial charge in [0, 0.05) is 67.2 Å². The van der Waals surface area contributed by atoms with Crippen LogP contribution in [0.3, 0.4) is 0 Å². The van der Waals surface area contributed by atoms with Crippen LogP contribution in [0.2, 0.25) is 0 Å². The van der Waals surface area contributed by atoms with Gasteiger partial charge in [-0.3, -0.25) is 19.5 Å². The van der Waals surface area contributed by atoms with Crippen molar-refractivity contribution in [2.75, 3.05) is 13.1 Å². The Balaban J connectivity index is 1.26. The zero-order valence-corrected chi connectivity index (χ0v) is 22.2. The number of hydrogen-bond acceptors (Lipinski definition) is 6. The summed E-state index contributed by atoms with van der Waals surface area (Å²) in [5, 5.41) is 3.13. The normalized spacial score (nSPS) is 25.1. The predicted octanol–water partition coefficient (Wildman–Crippen LogP) is 3.62. The van der Waals surface area contributed by atoms with E-state index in [0.717, 1.165) is 55.2 Å². The fraction of sp³-hybridized carbons (Fsp3) is 0.692. The van der Waals surface area contributed by atoms with Crippen LogP contribution >= 0.6 is 11.3 Å². The number of imidazole rings is 1. The summed E-state index contributed by atoms with van der Waals surface area (Å²) < 4.78 is 2.52. The first kappa shape index (κ1) is 24.4. The van der Waals surface area contributed by atoms with Gasteiger partial charge in [0.1, 0.15) is 5.82 Å². The van der Waals surface area contributed by atoms with Crippen molar-refractivity contribution in [3.05, 3.63) is 33.8 Å². The van der Waals surface area contributed by atoms with Gasteiger partial charge in [0.15, 0.2) is 0 Å². The minimum Gasteiger partial charge on any atom is -0.349 e. The van der Waals surface area contributed by atoms with Gasteiger partial charge < -0.3 is 14.8 Å². The molecular formula is C26H38N6O2S. The molecule has 2 bridgehead atoms. The number of aromatic nitrogens is 3. The second-order valence-electron chi connectivity index (χ2n) is 10.8. The number of hydrogen-bond donors (Lipinski definition) is 1. The molecule has 5 heterocycles. The van der Waals surface area contributed by atoms with Crippen LogP contribution in [0.25, 0.3) is 0 Å². The lowest BCUT2D eigenvalue weighted by molar-refractivity contribution is -0.135. The summed E-state index contributed by atoms with van der Waals surface area (Å²) in [5.74, 6) is 1.37. The third-order valence-corrected chi connectivity index (χ3v) is 9.00. The zero-order valence-electron chi connectivity index (χ0n) is 21.4. The van der Waals surface area contributed by atoms with Crippen molar-refractivity contribution in [1.82, 2.24) is 29.7 Å². The number of nitrogens with one attached hydrogen (secondary N) is 1. The predicted molar refractivity (Wildman–Crippen MR) is 136 cm³/mol. The molecular weight excluding hydrogens is 460 g/mol. The highest BCUT2D eigenvalue weighted by molar-refractivity contribution is 7.09. The average molecular weight is 499 g/mol. The van der Waals surface area contributed by atoms with Gasteiger partial charge in [0.25, 0.3) is 0 Å². The van der Waals surface area contributed by atoms with Crippen LogP contribution in [0.5, 0.6) is 0 Å². The largest absolute Gasteiger partial charge is 0.349 e. The number of carbonyl (C=O) groups excluding carboxylic acids is 2. The monoisotopic (exact) mass is 498 g/mol. The number of nitrogens with zero attached hydrogens (tertiary/aromatic N) is 5. The Bertz CT molecular complexity index is 1050. The van der Waals surface area contributed by atoms with E-state index >= 15 is 0 Å². The van der Waals surface area contributed by atoms with Gasteiger partial charge in [-0.25, -0.2) is 4.98 Å². The van der Waals surface area contributed by atoms with Gasteiger partial charge in [0.2, 0.25) is 11.8 Å². The van der Waals surface area contributed by atoms with E-state index in [0.29, 0.717) is 24.7 Å². The molecule has 8 nitrogen and oxygen atoms in total. The van der Waals surface area contributed by atoms with Crippen molar-refractivity contribution >= 4 is 23.2 Å². The Hall–Kier alpha value is -2.26. The van der Waals surface area contributed by atoms with E-state index in [4.69, 9.17) is 4.98 Å². The van der Waals surface area contributed by atoms with Crippen LogP contribution in [0.1, 0.15) is 87.0 Å². The Morgan fingerprint density at radius 2 is 1.94 bits per heavy atom. The van der Waals surface area contributed by atoms with E-state index < -0.39 is 0 Å². The molecule has 2 fully saturated rings. The average Bonchev–Trinajstić information content (AvgIpc) is 3.51. The molecule has 0 spiro atoms. The molecule has 2 amide bonds. The Morgan fingerprint density at radius 3 is 2.57 bits per heavy atom. The number of thiazole rings is 1. The van der Waals surface area contributed by atoms with Gasteiger partial charge in [-0.2, -0.15) is 0 Å². The van der Waals surface area contributed by atoms with Crippen molar-refractivity contribution in [3.8, 4) is 0 Å². The molecule has 0 saturated carbocycles. The van der Waals surface area contributed by atoms with Gasteiger partial charge in [-0.05, 0) is 39.0 Å². The molecule has 35 heavy (non-hydrogen) atoms. The Labute approximate surface area is 212 Å². The molecule has 2 saturated heterocycles. The van der Waals surface area contributed by atoms with Crippen LogP contribution in [0.15, 0.2) is 11.7 Å². The third-order valence-electron chi connectivity index (χ3n) is 8.11. The molecule has 0 unspecified atom stereocenters. The van der Waals surface area contributed by atoms with E-state index in [1.807, 2.05) is 30.5 Å². The minimum absolute atomic E-state index is 0.0131. The van der Waals surface area contributed by atoms with E-state index in [-0.39, 0.29) is 23.8 Å². The van der Waals surface area contributed by atoms with Crippen molar-refractivity contribution in [2.24, 2.45) is 5.92 Å². The topological polar surface area (TPSA) is 83.4 Å². The maximum atomic E-state index is 12.5. The fourth-order valence-corrected chi connectivity index (χ4v) is 7.31. The summed E-state index contributed by atoms with van der Waals surface area (Å²) in [6, 6.07) is 1.69. The third kappa shape index (κ3) is 4.89. The number of fused-ring (bicyclic) bond motifs is 3. The van der Waals surface area contributed by atoms with E-state index in [1.165, 1.54) is 18.5 Å². The molecule has 190 valence electrons. The summed E-state index contributed by atoms with van der Waals surface area (Å²) in [4.78, 5) is 39.3. The van der Waals surface area contributed by atoms with Gasteiger partial charge in [-0.15, -0.1) is 11.3 Å². The molecule has 1 N–H and O–H groups in total. The molecule has 2 aromatic heterocycles. The van der Waals surface area contributed by atoms with Crippen molar-refractivity contribution < 1.29 is 9.59 Å². The highest BCUT2D eigenvalue weighted by Gasteiger charge is 2.42. The van der Waals surface area contributed by atoms with Crippen molar-refractivity contribution in [3.63, 3.8) is 0 Å². The van der Waals surface area contributed by atoms with Crippen LogP contribution in [-0.2, 0) is 22.6 Å². The van der Waals surface area contributed by atoms with Crippen LogP contribution in [-0.4, -0.2) is 61.3 Å². The summed E-state index contributed by atoms with van der Waals surface area (Å²) in [6.45, 7) is 10.1.